The van der Waals surface area contributed by atoms with E-state index in [1.807, 2.05) is 6.92 Å². The first-order valence-electron chi connectivity index (χ1n) is 6.45. The maximum atomic E-state index is 12.3. The molecule has 0 aliphatic rings. The highest BCUT2D eigenvalue weighted by Gasteiger charge is 2.16. The molecule has 0 atom stereocenters. The van der Waals surface area contributed by atoms with Gasteiger partial charge in [0.2, 0.25) is 0 Å². The van der Waals surface area contributed by atoms with Crippen LogP contribution < -0.4 is 14.8 Å². The van der Waals surface area contributed by atoms with Gasteiger partial charge in [0.25, 0.3) is 10.0 Å². The average Bonchev–Trinajstić information content (AvgIpc) is 2.88. The Balaban J connectivity index is 2.22. The largest absolute Gasteiger partial charge is 0.496 e. The predicted octanol–water partition coefficient (Wildman–Crippen LogP) is 1.85. The molecule has 2 aromatic rings. The van der Waals surface area contributed by atoms with Crippen LogP contribution in [0.3, 0.4) is 0 Å². The van der Waals surface area contributed by atoms with Crippen molar-refractivity contribution in [1.82, 2.24) is 10.3 Å². The van der Waals surface area contributed by atoms with E-state index in [0.29, 0.717) is 12.2 Å². The number of nitrogens with one attached hydrogen (secondary N) is 3. The second-order valence-electron chi connectivity index (χ2n) is 4.68. The molecule has 0 unspecified atom stereocenters. The lowest BCUT2D eigenvalue weighted by Crippen LogP contribution is -2.12. The molecule has 1 heterocycles. The summed E-state index contributed by atoms with van der Waals surface area (Å²) in [5.41, 5.74) is 2.18. The molecule has 7 heteroatoms. The molecule has 21 heavy (non-hydrogen) atoms. The second-order valence-corrected chi connectivity index (χ2v) is 6.36. The number of benzene rings is 1. The van der Waals surface area contributed by atoms with Crippen LogP contribution in [-0.2, 0) is 16.6 Å². The van der Waals surface area contributed by atoms with Crippen molar-refractivity contribution in [1.29, 1.82) is 0 Å². The van der Waals surface area contributed by atoms with Crippen LogP contribution >= 0.6 is 0 Å². The van der Waals surface area contributed by atoms with Crippen molar-refractivity contribution in [3.8, 4) is 5.75 Å². The fourth-order valence-electron chi connectivity index (χ4n) is 2.02. The van der Waals surface area contributed by atoms with Gasteiger partial charge in [0, 0.05) is 24.1 Å². The highest BCUT2D eigenvalue weighted by molar-refractivity contribution is 7.92. The van der Waals surface area contributed by atoms with E-state index in [1.54, 1.807) is 38.4 Å². The molecule has 1 aromatic heterocycles. The van der Waals surface area contributed by atoms with Crippen LogP contribution in [0.15, 0.2) is 35.4 Å². The Labute approximate surface area is 124 Å². The third kappa shape index (κ3) is 3.56. The first kappa shape index (κ1) is 15.4. The minimum Gasteiger partial charge on any atom is -0.496 e. The summed E-state index contributed by atoms with van der Waals surface area (Å²) in [6.07, 6.45) is 1.48. The minimum atomic E-state index is -3.60. The smallest absolute Gasteiger partial charge is 0.263 e. The molecule has 0 aliphatic carbocycles. The average molecular weight is 309 g/mol. The van der Waals surface area contributed by atoms with Crippen molar-refractivity contribution in [3.63, 3.8) is 0 Å². The molecule has 0 fully saturated rings. The van der Waals surface area contributed by atoms with E-state index in [4.69, 9.17) is 4.74 Å². The van der Waals surface area contributed by atoms with Gasteiger partial charge in [0.1, 0.15) is 10.6 Å². The van der Waals surface area contributed by atoms with Gasteiger partial charge in [-0.05, 0) is 43.8 Å². The number of aromatic nitrogens is 1. The fourth-order valence-corrected chi connectivity index (χ4v) is 3.09. The first-order valence-corrected chi connectivity index (χ1v) is 7.94. The normalized spacial score (nSPS) is 11.4. The zero-order valence-corrected chi connectivity index (χ0v) is 13.0. The Morgan fingerprint density at radius 1 is 1.29 bits per heavy atom. The number of rotatable bonds is 6. The monoisotopic (exact) mass is 309 g/mol. The topological polar surface area (TPSA) is 83.2 Å². The van der Waals surface area contributed by atoms with E-state index in [2.05, 4.69) is 15.0 Å². The number of aromatic amines is 1. The van der Waals surface area contributed by atoms with Crippen LogP contribution in [-0.4, -0.2) is 27.6 Å². The summed E-state index contributed by atoms with van der Waals surface area (Å²) in [6.45, 7) is 2.44. The van der Waals surface area contributed by atoms with Gasteiger partial charge in [-0.1, -0.05) is 0 Å². The molecule has 0 radical (unpaired) electrons. The van der Waals surface area contributed by atoms with E-state index in [-0.39, 0.29) is 4.90 Å². The first-order chi connectivity index (χ1) is 9.96. The third-order valence-corrected chi connectivity index (χ3v) is 4.40. The van der Waals surface area contributed by atoms with Crippen LogP contribution in [0, 0.1) is 6.92 Å². The molecule has 3 N–H and O–H groups in total. The number of H-pyrrole nitrogens is 1. The highest BCUT2D eigenvalue weighted by atomic mass is 32.2. The van der Waals surface area contributed by atoms with E-state index in [0.717, 1.165) is 17.0 Å². The van der Waals surface area contributed by atoms with Crippen LogP contribution in [0.2, 0.25) is 0 Å². The van der Waals surface area contributed by atoms with Gasteiger partial charge in [0.15, 0.2) is 0 Å². The van der Waals surface area contributed by atoms with Gasteiger partial charge in [-0.3, -0.25) is 4.72 Å². The van der Waals surface area contributed by atoms with Crippen LogP contribution in [0.25, 0.3) is 0 Å². The van der Waals surface area contributed by atoms with Crippen molar-refractivity contribution in [2.45, 2.75) is 18.4 Å². The number of sulfonamides is 1. The van der Waals surface area contributed by atoms with Crippen molar-refractivity contribution >= 4 is 15.7 Å². The van der Waals surface area contributed by atoms with Crippen LogP contribution in [0.1, 0.15) is 11.3 Å². The molecular weight excluding hydrogens is 290 g/mol. The highest BCUT2D eigenvalue weighted by Crippen LogP contribution is 2.23. The maximum absolute atomic E-state index is 12.3. The number of methoxy groups -OCH3 is 1. The fraction of sp³-hybridized carbons (Fsp3) is 0.286. The Kier molecular flexibility index (Phi) is 4.54. The van der Waals surface area contributed by atoms with Crippen LogP contribution in [0.5, 0.6) is 5.75 Å². The molecule has 6 nitrogen and oxygen atoms in total. The van der Waals surface area contributed by atoms with Crippen molar-refractivity contribution in [2.75, 3.05) is 18.9 Å². The van der Waals surface area contributed by atoms with Gasteiger partial charge < -0.3 is 15.0 Å². The van der Waals surface area contributed by atoms with Gasteiger partial charge in [0.05, 0.1) is 7.11 Å². The zero-order chi connectivity index (χ0) is 15.5. The van der Waals surface area contributed by atoms with E-state index < -0.39 is 10.0 Å². The SMILES string of the molecule is CNCc1cc(S(=O)(=O)Nc2ccc(OC)c(C)c2)c[nH]1. The Bertz CT molecular complexity index is 723. The van der Waals surface area contributed by atoms with Crippen molar-refractivity contribution in [2.24, 2.45) is 0 Å². The van der Waals surface area contributed by atoms with Crippen LogP contribution in [0.4, 0.5) is 5.69 Å². The summed E-state index contributed by atoms with van der Waals surface area (Å²) in [7, 11) is -0.219. The zero-order valence-electron chi connectivity index (χ0n) is 12.2. The summed E-state index contributed by atoms with van der Waals surface area (Å²) in [4.78, 5) is 3.14. The minimum absolute atomic E-state index is 0.209. The molecule has 0 bridgehead atoms. The Hall–Kier alpha value is -1.99. The maximum Gasteiger partial charge on any atom is 0.263 e. The quantitative estimate of drug-likeness (QED) is 0.760. The Morgan fingerprint density at radius 2 is 2.05 bits per heavy atom. The van der Waals surface area contributed by atoms with Gasteiger partial charge >= 0.3 is 0 Å². The number of anilines is 1. The van der Waals surface area contributed by atoms with Crippen molar-refractivity contribution < 1.29 is 13.2 Å². The summed E-state index contributed by atoms with van der Waals surface area (Å²) in [5, 5.41) is 2.96. The van der Waals surface area contributed by atoms with Gasteiger partial charge in [-0.2, -0.15) is 0 Å². The van der Waals surface area contributed by atoms with E-state index in [9.17, 15) is 8.42 Å². The van der Waals surface area contributed by atoms with E-state index >= 15 is 0 Å². The molecular formula is C14H19N3O3S. The lowest BCUT2D eigenvalue weighted by molar-refractivity contribution is 0.412. The van der Waals surface area contributed by atoms with Gasteiger partial charge in [-0.15, -0.1) is 0 Å². The van der Waals surface area contributed by atoms with Crippen molar-refractivity contribution in [3.05, 3.63) is 41.7 Å². The molecule has 2 rings (SSSR count). The molecule has 0 aliphatic heterocycles. The summed E-state index contributed by atoms with van der Waals surface area (Å²) < 4.78 is 32.3. The molecule has 1 aromatic carbocycles. The Morgan fingerprint density at radius 3 is 2.67 bits per heavy atom. The molecule has 0 amide bonds. The third-order valence-electron chi connectivity index (χ3n) is 3.04. The van der Waals surface area contributed by atoms with E-state index in [1.165, 1.54) is 6.20 Å². The lowest BCUT2D eigenvalue weighted by atomic mass is 10.2. The predicted molar refractivity (Wildman–Crippen MR) is 82.1 cm³/mol. The molecule has 0 saturated carbocycles. The number of ether oxygens (including phenoxy) is 1. The number of aryl methyl sites for hydroxylation is 1. The second kappa shape index (κ2) is 6.19. The number of hydrogen-bond donors (Lipinski definition) is 3. The summed E-state index contributed by atoms with van der Waals surface area (Å²) >= 11 is 0. The summed E-state index contributed by atoms with van der Waals surface area (Å²) in [5.74, 6) is 0.718. The molecule has 114 valence electrons. The molecule has 0 saturated heterocycles. The standard InChI is InChI=1S/C14H19N3O3S/c1-10-6-11(4-5-14(10)20-3)17-21(18,19)13-7-12(8-15-2)16-9-13/h4-7,9,15-17H,8H2,1-3H3. The number of hydrogen-bond acceptors (Lipinski definition) is 4. The molecule has 0 spiro atoms. The van der Waals surface area contributed by atoms with Gasteiger partial charge in [-0.25, -0.2) is 8.42 Å². The lowest BCUT2D eigenvalue weighted by Gasteiger charge is -2.09. The summed E-state index contributed by atoms with van der Waals surface area (Å²) in [6, 6.07) is 6.74.